The van der Waals surface area contributed by atoms with E-state index in [1.165, 1.54) is 0 Å². The molecule has 7 heteroatoms. The second-order valence-corrected chi connectivity index (χ2v) is 5.98. The monoisotopic (exact) mass is 339 g/mol. The Hall–Kier alpha value is -2.96. The van der Waals surface area contributed by atoms with E-state index >= 15 is 0 Å². The summed E-state index contributed by atoms with van der Waals surface area (Å²) in [6, 6.07) is 9.16. The smallest absolute Gasteiger partial charge is 0.257 e. The van der Waals surface area contributed by atoms with Gasteiger partial charge < -0.3 is 9.84 Å². The largest absolute Gasteiger partial charge is 0.352 e. The molecule has 2 heterocycles. The van der Waals surface area contributed by atoms with Gasteiger partial charge in [-0.15, -0.1) is 0 Å². The number of carbonyl (C=O) groups is 1. The minimum Gasteiger partial charge on any atom is -0.352 e. The Bertz CT molecular complexity index is 864. The Morgan fingerprint density at radius 1 is 1.20 bits per heavy atom. The number of amides is 1. The number of benzene rings is 1. The topological polar surface area (TPSA) is 85.8 Å². The number of hydrogen-bond donors (Lipinski definition) is 1. The van der Waals surface area contributed by atoms with Gasteiger partial charge in [0, 0.05) is 29.9 Å². The Kier molecular flexibility index (Phi) is 4.92. The fourth-order valence-electron chi connectivity index (χ4n) is 2.61. The quantitative estimate of drug-likeness (QED) is 0.698. The Morgan fingerprint density at radius 3 is 2.56 bits per heavy atom. The van der Waals surface area contributed by atoms with Gasteiger partial charge in [-0.3, -0.25) is 9.48 Å². The van der Waals surface area contributed by atoms with Crippen molar-refractivity contribution in [2.24, 2.45) is 0 Å². The summed E-state index contributed by atoms with van der Waals surface area (Å²) in [4.78, 5) is 16.4. The van der Waals surface area contributed by atoms with Crippen molar-refractivity contribution in [1.82, 2.24) is 25.2 Å². The maximum Gasteiger partial charge on any atom is 0.257 e. The number of aromatic nitrogens is 4. The highest BCUT2D eigenvalue weighted by atomic mass is 16.5. The lowest BCUT2D eigenvalue weighted by Gasteiger charge is -2.07. The van der Waals surface area contributed by atoms with E-state index in [1.54, 1.807) is 31.2 Å². The van der Waals surface area contributed by atoms with Crippen molar-refractivity contribution in [3.05, 3.63) is 53.1 Å². The lowest BCUT2D eigenvalue weighted by Crippen LogP contribution is -2.25. The predicted octanol–water partition coefficient (Wildman–Crippen LogP) is 2.68. The minimum absolute atomic E-state index is 0.0957. The zero-order valence-corrected chi connectivity index (χ0v) is 14.6. The molecule has 0 saturated carbocycles. The molecule has 130 valence electrons. The molecule has 0 saturated heterocycles. The van der Waals surface area contributed by atoms with Crippen molar-refractivity contribution in [3.63, 3.8) is 0 Å². The van der Waals surface area contributed by atoms with Crippen molar-refractivity contribution < 1.29 is 9.32 Å². The van der Waals surface area contributed by atoms with E-state index in [9.17, 15) is 4.79 Å². The van der Waals surface area contributed by atoms with Crippen molar-refractivity contribution >= 4 is 5.91 Å². The van der Waals surface area contributed by atoms with Gasteiger partial charge in [-0.05, 0) is 57.5 Å². The zero-order valence-electron chi connectivity index (χ0n) is 14.6. The molecule has 3 rings (SSSR count). The summed E-state index contributed by atoms with van der Waals surface area (Å²) in [5.41, 5.74) is 3.54. The molecule has 7 nitrogen and oxygen atoms in total. The number of nitrogens with zero attached hydrogens (tertiary/aromatic N) is 4. The van der Waals surface area contributed by atoms with Crippen molar-refractivity contribution in [1.29, 1.82) is 0 Å². The number of nitrogens with one attached hydrogen (secondary N) is 1. The van der Waals surface area contributed by atoms with Gasteiger partial charge in [0.15, 0.2) is 5.82 Å². The molecule has 1 N–H and O–H groups in total. The SMILES string of the molecule is Cc1cc(C)n(CCCNC(=O)c2ccc(-c3nc(C)no3)cc2)n1. The number of rotatable bonds is 6. The van der Waals surface area contributed by atoms with Crippen LogP contribution in [0.5, 0.6) is 0 Å². The van der Waals surface area contributed by atoms with Gasteiger partial charge in [0.05, 0.1) is 5.69 Å². The predicted molar refractivity (Wildman–Crippen MR) is 93.1 cm³/mol. The first kappa shape index (κ1) is 16.9. The average molecular weight is 339 g/mol. The number of aryl methyl sites for hydroxylation is 4. The van der Waals surface area contributed by atoms with Crippen molar-refractivity contribution in [2.75, 3.05) is 6.54 Å². The molecule has 0 aliphatic heterocycles. The van der Waals surface area contributed by atoms with E-state index in [-0.39, 0.29) is 5.91 Å². The molecule has 0 aliphatic rings. The molecular formula is C18H21N5O2. The van der Waals surface area contributed by atoms with E-state index in [0.717, 1.165) is 29.9 Å². The molecule has 0 radical (unpaired) electrons. The van der Waals surface area contributed by atoms with Crippen LogP contribution in [0.4, 0.5) is 0 Å². The Morgan fingerprint density at radius 2 is 1.96 bits per heavy atom. The molecule has 1 amide bonds. The molecule has 0 fully saturated rings. The van der Waals surface area contributed by atoms with Gasteiger partial charge in [-0.1, -0.05) is 5.16 Å². The zero-order chi connectivity index (χ0) is 17.8. The molecule has 25 heavy (non-hydrogen) atoms. The highest BCUT2D eigenvalue weighted by Gasteiger charge is 2.09. The summed E-state index contributed by atoms with van der Waals surface area (Å²) < 4.78 is 7.07. The molecule has 3 aromatic rings. The Balaban J connectivity index is 1.50. The fourth-order valence-corrected chi connectivity index (χ4v) is 2.61. The molecule has 1 aromatic carbocycles. The van der Waals surface area contributed by atoms with Crippen molar-refractivity contribution in [2.45, 2.75) is 33.7 Å². The highest BCUT2D eigenvalue weighted by Crippen LogP contribution is 2.17. The lowest BCUT2D eigenvalue weighted by molar-refractivity contribution is 0.0952. The van der Waals surface area contributed by atoms with Crippen LogP contribution in [0.2, 0.25) is 0 Å². The van der Waals surface area contributed by atoms with Gasteiger partial charge in [0.2, 0.25) is 0 Å². The molecule has 0 spiro atoms. The van der Waals surface area contributed by atoms with Crippen LogP contribution in [0.3, 0.4) is 0 Å². The van der Waals surface area contributed by atoms with Crippen LogP contribution < -0.4 is 5.32 Å². The molecule has 2 aromatic heterocycles. The van der Waals surface area contributed by atoms with E-state index in [1.807, 2.05) is 24.6 Å². The van der Waals surface area contributed by atoms with E-state index in [4.69, 9.17) is 4.52 Å². The summed E-state index contributed by atoms with van der Waals surface area (Å²) in [5, 5.41) is 11.1. The normalized spacial score (nSPS) is 10.8. The van der Waals surface area contributed by atoms with Crippen molar-refractivity contribution in [3.8, 4) is 11.5 Å². The van der Waals surface area contributed by atoms with Gasteiger partial charge >= 0.3 is 0 Å². The summed E-state index contributed by atoms with van der Waals surface area (Å²) in [6.07, 6.45) is 0.826. The van der Waals surface area contributed by atoms with E-state index < -0.39 is 0 Å². The van der Waals surface area contributed by atoms with Crippen LogP contribution in [0, 0.1) is 20.8 Å². The third-order valence-corrected chi connectivity index (χ3v) is 3.86. The Labute approximate surface area is 146 Å². The lowest BCUT2D eigenvalue weighted by atomic mass is 10.1. The van der Waals surface area contributed by atoms with E-state index in [2.05, 4.69) is 20.6 Å². The maximum absolute atomic E-state index is 12.2. The maximum atomic E-state index is 12.2. The second-order valence-electron chi connectivity index (χ2n) is 5.98. The first-order chi connectivity index (χ1) is 12.0. The molecular weight excluding hydrogens is 318 g/mol. The number of carbonyl (C=O) groups excluding carboxylic acids is 1. The average Bonchev–Trinajstić information content (AvgIpc) is 3.17. The third-order valence-electron chi connectivity index (χ3n) is 3.86. The fraction of sp³-hybridized carbons (Fsp3) is 0.333. The van der Waals surface area contributed by atoms with Gasteiger partial charge in [0.25, 0.3) is 11.8 Å². The first-order valence-corrected chi connectivity index (χ1v) is 8.23. The highest BCUT2D eigenvalue weighted by molar-refractivity contribution is 5.94. The van der Waals surface area contributed by atoms with Crippen LogP contribution in [-0.2, 0) is 6.54 Å². The molecule has 0 atom stereocenters. The van der Waals surface area contributed by atoms with Gasteiger partial charge in [-0.2, -0.15) is 10.1 Å². The van der Waals surface area contributed by atoms with Gasteiger partial charge in [-0.25, -0.2) is 0 Å². The number of hydrogen-bond acceptors (Lipinski definition) is 5. The molecule has 0 unspecified atom stereocenters. The first-order valence-electron chi connectivity index (χ1n) is 8.23. The van der Waals surface area contributed by atoms with E-state index in [0.29, 0.717) is 23.8 Å². The minimum atomic E-state index is -0.0957. The van der Waals surface area contributed by atoms with Crippen LogP contribution in [0.25, 0.3) is 11.5 Å². The summed E-state index contributed by atoms with van der Waals surface area (Å²) in [5.74, 6) is 0.940. The molecule has 0 aliphatic carbocycles. The van der Waals surface area contributed by atoms with Crippen LogP contribution in [-0.4, -0.2) is 32.4 Å². The second kappa shape index (κ2) is 7.29. The van der Waals surface area contributed by atoms with Crippen LogP contribution >= 0.6 is 0 Å². The third kappa shape index (κ3) is 4.12. The summed E-state index contributed by atoms with van der Waals surface area (Å²) >= 11 is 0. The molecule has 0 bridgehead atoms. The van der Waals surface area contributed by atoms with Crippen LogP contribution in [0.15, 0.2) is 34.9 Å². The summed E-state index contributed by atoms with van der Waals surface area (Å²) in [7, 11) is 0. The van der Waals surface area contributed by atoms with Gasteiger partial charge in [0.1, 0.15) is 0 Å². The summed E-state index contributed by atoms with van der Waals surface area (Å²) in [6.45, 7) is 7.16. The standard InChI is InChI=1S/C18H21N5O2/c1-12-11-13(2)23(21-12)10-4-9-19-17(24)15-5-7-16(8-6-15)18-20-14(3)22-25-18/h5-8,11H,4,9-10H2,1-3H3,(H,19,24). The van der Waals surface area contributed by atoms with Crippen LogP contribution in [0.1, 0.15) is 34.0 Å².